The Bertz CT molecular complexity index is 1140. The molecule has 0 spiro atoms. The molecule has 21 nitrogen and oxygen atoms in total. The third-order valence-corrected chi connectivity index (χ3v) is 7.09. The maximum absolute atomic E-state index is 13.1. The normalized spacial score (nSPS) is 25.1. The molecule has 0 aromatic heterocycles. The minimum atomic E-state index is -1.96. The van der Waals surface area contributed by atoms with Crippen molar-refractivity contribution < 1.29 is 78.4 Å². The van der Waals surface area contributed by atoms with Crippen LogP contribution in [0.25, 0.3) is 0 Å². The van der Waals surface area contributed by atoms with Gasteiger partial charge in [-0.15, -0.1) is 0 Å². The van der Waals surface area contributed by atoms with E-state index in [2.05, 4.69) is 21.3 Å². The van der Waals surface area contributed by atoms with E-state index in [-0.39, 0.29) is 12.7 Å². The number of aliphatic carboxylic acids is 1. The van der Waals surface area contributed by atoms with Gasteiger partial charge in [0.2, 0.25) is 29.5 Å². The second kappa shape index (κ2) is 19.9. The van der Waals surface area contributed by atoms with Crippen LogP contribution in [0.15, 0.2) is 0 Å². The van der Waals surface area contributed by atoms with E-state index in [4.69, 9.17) is 25.1 Å². The molecule has 0 aromatic rings. The molecule has 0 aromatic carbocycles. The molecule has 1 rings (SSSR count). The van der Waals surface area contributed by atoms with Crippen LogP contribution in [0.4, 0.5) is 0 Å². The molecule has 1 saturated heterocycles. The first-order valence-corrected chi connectivity index (χ1v) is 14.7. The maximum atomic E-state index is 13.1. The summed E-state index contributed by atoms with van der Waals surface area (Å²) in [5.74, 6) is -5.73. The van der Waals surface area contributed by atoms with E-state index >= 15 is 0 Å². The van der Waals surface area contributed by atoms with Crippen molar-refractivity contribution in [2.75, 3.05) is 13.2 Å². The van der Waals surface area contributed by atoms with E-state index in [1.54, 1.807) is 0 Å². The van der Waals surface area contributed by atoms with Crippen molar-refractivity contribution in [3.63, 3.8) is 0 Å². The molecule has 5 amide bonds. The molecule has 0 radical (unpaired) electrons. The molecule has 12 N–H and O–H groups in total. The summed E-state index contributed by atoms with van der Waals surface area (Å²) in [5, 5.41) is 69.1. The number of carbonyl (C=O) groups is 7. The second-order valence-electron chi connectivity index (χ2n) is 11.0. The van der Waals surface area contributed by atoms with Crippen molar-refractivity contribution in [3.05, 3.63) is 0 Å². The van der Waals surface area contributed by atoms with Gasteiger partial charge in [0.1, 0.15) is 73.2 Å². The lowest BCUT2D eigenvalue weighted by Crippen LogP contribution is -2.66. The monoisotopic (exact) mass is 695 g/mol. The Kier molecular flexibility index (Phi) is 17.5. The summed E-state index contributed by atoms with van der Waals surface area (Å²) in [5.41, 5.74) is 5.21. The van der Waals surface area contributed by atoms with Gasteiger partial charge >= 0.3 is 5.97 Å². The van der Waals surface area contributed by atoms with Crippen LogP contribution in [0.2, 0.25) is 0 Å². The van der Waals surface area contributed by atoms with Crippen LogP contribution in [0.3, 0.4) is 0 Å². The lowest BCUT2D eigenvalue weighted by molar-refractivity contribution is -0.302. The predicted octanol–water partition coefficient (Wildman–Crippen LogP) is -6.51. The Labute approximate surface area is 274 Å². The number of carboxylic acid groups (broad SMARTS) is 1. The third-order valence-electron chi connectivity index (χ3n) is 7.09. The van der Waals surface area contributed by atoms with Gasteiger partial charge in [0, 0.05) is 20.3 Å². The third kappa shape index (κ3) is 12.6. The van der Waals surface area contributed by atoms with Crippen molar-refractivity contribution in [3.8, 4) is 0 Å². The van der Waals surface area contributed by atoms with E-state index in [9.17, 15) is 59.1 Å². The van der Waals surface area contributed by atoms with Crippen LogP contribution in [-0.4, -0.2) is 159 Å². The summed E-state index contributed by atoms with van der Waals surface area (Å²) in [6, 6.07) is -5.98. The van der Waals surface area contributed by atoms with Crippen LogP contribution in [0, 0.1) is 0 Å². The Morgan fingerprint density at radius 3 is 2.04 bits per heavy atom. The highest BCUT2D eigenvalue weighted by atomic mass is 16.7. The lowest BCUT2D eigenvalue weighted by atomic mass is 9.96. The van der Waals surface area contributed by atoms with Crippen LogP contribution in [-0.2, 0) is 47.8 Å². The number of amides is 5. The van der Waals surface area contributed by atoms with Gasteiger partial charge in [0.15, 0.2) is 6.29 Å². The molecule has 1 heterocycles. The van der Waals surface area contributed by atoms with E-state index in [1.807, 2.05) is 0 Å². The van der Waals surface area contributed by atoms with Crippen molar-refractivity contribution >= 4 is 41.8 Å². The Balaban J connectivity index is 3.36. The van der Waals surface area contributed by atoms with Gasteiger partial charge in [-0.1, -0.05) is 0 Å². The number of carboxylic acids is 1. The zero-order valence-corrected chi connectivity index (χ0v) is 26.7. The summed E-state index contributed by atoms with van der Waals surface area (Å²) >= 11 is 0. The van der Waals surface area contributed by atoms with E-state index < -0.39 is 128 Å². The van der Waals surface area contributed by atoms with Gasteiger partial charge in [-0.25, -0.2) is 0 Å². The van der Waals surface area contributed by atoms with Gasteiger partial charge in [0.05, 0.1) is 13.2 Å². The van der Waals surface area contributed by atoms with Gasteiger partial charge < -0.3 is 76.6 Å². The minimum absolute atomic E-state index is 0.163. The predicted molar refractivity (Wildman–Crippen MR) is 157 cm³/mol. The number of ether oxygens (including phenoxy) is 3. The summed E-state index contributed by atoms with van der Waals surface area (Å²) in [7, 11) is 0. The zero-order chi connectivity index (χ0) is 36.9. The number of aldehydes is 1. The first-order chi connectivity index (χ1) is 22.4. The first kappa shape index (κ1) is 42.2. The fraction of sp³-hybridized carbons (Fsp3) is 0.741. The highest BCUT2D eigenvalue weighted by Crippen LogP contribution is 2.26. The SMILES string of the molecule is CC(=O)N[C@H]1[C@H](O[C@@H]([C@H](O[C@H](C)C(=O)N[C@@H](C)C(=O)N[C@H](CCC(=O)O)C(N)=O)[C@H](C=O)NC(C)=O)[C@H](O)CO)O[C@H](CO)[C@@H](O)[C@@H]1O. The van der Waals surface area contributed by atoms with Crippen LogP contribution in [0.5, 0.6) is 0 Å². The lowest BCUT2D eigenvalue weighted by Gasteiger charge is -2.45. The summed E-state index contributed by atoms with van der Waals surface area (Å²) < 4.78 is 17.0. The van der Waals surface area contributed by atoms with Crippen LogP contribution < -0.4 is 27.0 Å². The van der Waals surface area contributed by atoms with Gasteiger partial charge in [0.25, 0.3) is 0 Å². The second-order valence-corrected chi connectivity index (χ2v) is 11.0. The van der Waals surface area contributed by atoms with Crippen molar-refractivity contribution in [2.24, 2.45) is 5.73 Å². The van der Waals surface area contributed by atoms with Crippen molar-refractivity contribution in [2.45, 2.75) is 114 Å². The molecular formula is C27H45N5O16. The van der Waals surface area contributed by atoms with Gasteiger partial charge in [-0.05, 0) is 20.3 Å². The molecule has 0 bridgehead atoms. The van der Waals surface area contributed by atoms with E-state index in [1.165, 1.54) is 6.92 Å². The molecule has 21 heteroatoms. The number of nitrogens with two attached hydrogens (primary N) is 1. The number of carbonyl (C=O) groups excluding carboxylic acids is 6. The summed E-state index contributed by atoms with van der Waals surface area (Å²) in [6.45, 7) is 2.53. The molecule has 0 unspecified atom stereocenters. The van der Waals surface area contributed by atoms with Crippen molar-refractivity contribution in [1.29, 1.82) is 0 Å². The fourth-order valence-corrected chi connectivity index (χ4v) is 4.57. The minimum Gasteiger partial charge on any atom is -0.481 e. The number of aliphatic hydroxyl groups excluding tert-OH is 5. The Morgan fingerprint density at radius 1 is 0.938 bits per heavy atom. The van der Waals surface area contributed by atoms with Crippen LogP contribution in [0.1, 0.15) is 40.5 Å². The Hall–Kier alpha value is -3.83. The Morgan fingerprint density at radius 2 is 1.56 bits per heavy atom. The number of hydrogen-bond donors (Lipinski definition) is 11. The van der Waals surface area contributed by atoms with Crippen molar-refractivity contribution in [1.82, 2.24) is 21.3 Å². The fourth-order valence-electron chi connectivity index (χ4n) is 4.57. The molecule has 1 aliphatic rings. The molecule has 0 aliphatic carbocycles. The first-order valence-electron chi connectivity index (χ1n) is 14.7. The number of aliphatic hydroxyl groups is 5. The smallest absolute Gasteiger partial charge is 0.303 e. The standard InChI is InChI=1S/C27H45N5O16/c1-10(25(44)32-14(24(28)43)5-6-18(39)40)29-26(45)11(2)46-22(15(7-33)30-12(3)36)23(16(38)8-34)48-27-19(31-13(4)37)21(42)20(41)17(9-35)47-27/h7,10-11,14-17,19-23,27,34-35,38,41-42H,5-6,8-9H2,1-4H3,(H2,28,43)(H,29,45)(H,30,36)(H,31,37)(H,32,44)(H,39,40)/t10-,11+,14+,15-,16+,17+,19+,20+,21+,22+,23+,27-/m0/s1. The van der Waals surface area contributed by atoms with Gasteiger partial charge in [-0.3, -0.25) is 28.8 Å². The average molecular weight is 696 g/mol. The number of rotatable bonds is 20. The quantitative estimate of drug-likeness (QED) is 0.0527. The van der Waals surface area contributed by atoms with Gasteiger partial charge in [-0.2, -0.15) is 0 Å². The maximum Gasteiger partial charge on any atom is 0.303 e. The summed E-state index contributed by atoms with van der Waals surface area (Å²) in [4.78, 5) is 84.1. The van der Waals surface area contributed by atoms with E-state index in [0.29, 0.717) is 0 Å². The zero-order valence-electron chi connectivity index (χ0n) is 26.7. The highest BCUT2D eigenvalue weighted by Gasteiger charge is 2.49. The number of primary amides is 1. The molecule has 48 heavy (non-hydrogen) atoms. The molecular weight excluding hydrogens is 650 g/mol. The number of nitrogens with one attached hydrogen (secondary N) is 4. The summed E-state index contributed by atoms with van der Waals surface area (Å²) in [6.07, 6.45) is -14.8. The molecule has 12 atom stereocenters. The molecule has 0 saturated carbocycles. The van der Waals surface area contributed by atoms with E-state index in [0.717, 1.165) is 20.8 Å². The van der Waals surface area contributed by atoms with Crippen LogP contribution >= 0.6 is 0 Å². The topological polar surface area (TPSA) is 343 Å². The molecule has 274 valence electrons. The highest BCUT2D eigenvalue weighted by molar-refractivity contribution is 5.92. The molecule has 1 fully saturated rings. The average Bonchev–Trinajstić information content (AvgIpc) is 3.01. The largest absolute Gasteiger partial charge is 0.481 e. The number of hydrogen-bond acceptors (Lipinski definition) is 15. The molecule has 1 aliphatic heterocycles.